The van der Waals surface area contributed by atoms with Crippen molar-refractivity contribution in [3.8, 4) is 0 Å². The third kappa shape index (κ3) is 25.6. The van der Waals surface area contributed by atoms with E-state index < -0.39 is 54.7 Å². The van der Waals surface area contributed by atoms with Crippen LogP contribution in [0.25, 0.3) is 0 Å². The zero-order valence-electron chi connectivity index (χ0n) is 33.3. The van der Waals surface area contributed by atoms with Crippen LogP contribution in [0.15, 0.2) is 12.2 Å². The summed E-state index contributed by atoms with van der Waals surface area (Å²) in [5.74, 6) is -2.44. The maximum atomic E-state index is 12.7. The number of carbonyl (C=O) groups is 3. The van der Waals surface area contributed by atoms with Crippen LogP contribution in [0.4, 0.5) is 0 Å². The van der Waals surface area contributed by atoms with Gasteiger partial charge in [-0.25, -0.2) is 4.79 Å². The number of allylic oxidation sites excluding steroid dienone is 2. The molecule has 0 spiro atoms. The van der Waals surface area contributed by atoms with Crippen LogP contribution in [0.1, 0.15) is 187 Å². The van der Waals surface area contributed by atoms with Gasteiger partial charge in [0.2, 0.25) is 0 Å². The van der Waals surface area contributed by atoms with Crippen LogP contribution in [0.3, 0.4) is 0 Å². The number of aliphatic carboxylic acids is 1. The number of hydrogen-bond donors (Lipinski definition) is 4. The largest absolute Gasteiger partial charge is 0.479 e. The number of rotatable bonds is 35. The monoisotopic (exact) mass is 757 g/mol. The summed E-state index contributed by atoms with van der Waals surface area (Å²) in [5.41, 5.74) is 0. The summed E-state index contributed by atoms with van der Waals surface area (Å²) < 4.78 is 21.6. The Bertz CT molecular complexity index is 942. The summed E-state index contributed by atoms with van der Waals surface area (Å²) >= 11 is 0. The van der Waals surface area contributed by atoms with Crippen LogP contribution in [-0.4, -0.2) is 88.4 Å². The van der Waals surface area contributed by atoms with Crippen molar-refractivity contribution in [1.82, 2.24) is 0 Å². The second kappa shape index (κ2) is 33.3. The summed E-state index contributed by atoms with van der Waals surface area (Å²) in [6, 6.07) is 0. The van der Waals surface area contributed by atoms with Gasteiger partial charge in [-0.15, -0.1) is 0 Å². The lowest BCUT2D eigenvalue weighted by Crippen LogP contribution is -2.60. The van der Waals surface area contributed by atoms with Crippen molar-refractivity contribution in [3.05, 3.63) is 12.2 Å². The number of carboxylic acids is 1. The smallest absolute Gasteiger partial charge is 0.335 e. The zero-order valence-corrected chi connectivity index (χ0v) is 33.3. The number of ether oxygens (including phenoxy) is 4. The highest BCUT2D eigenvalue weighted by atomic mass is 16.7. The molecule has 0 aromatic rings. The number of unbranched alkanes of at least 4 members (excludes halogenated alkanes) is 22. The summed E-state index contributed by atoms with van der Waals surface area (Å²) in [5, 5.41) is 39.7. The molecule has 11 heteroatoms. The van der Waals surface area contributed by atoms with E-state index in [0.29, 0.717) is 12.8 Å². The van der Waals surface area contributed by atoms with Gasteiger partial charge in [0, 0.05) is 12.8 Å². The van der Waals surface area contributed by atoms with Gasteiger partial charge in [0.05, 0.1) is 6.61 Å². The zero-order chi connectivity index (χ0) is 38.9. The molecule has 0 radical (unpaired) electrons. The molecular formula is C42H76O11. The molecule has 0 amide bonds. The number of hydrogen-bond acceptors (Lipinski definition) is 10. The molecule has 1 fully saturated rings. The molecule has 0 saturated carbocycles. The SMILES string of the molecule is CCCCCCCCC/C=C\CCCCCCCCCC(=O)OCC(COC1OC(C(=O)O)C(O)C(O)C1O)OC(=O)CCCCCCCCCCC. The third-order valence-corrected chi connectivity index (χ3v) is 9.86. The van der Waals surface area contributed by atoms with Gasteiger partial charge in [-0.2, -0.15) is 0 Å². The van der Waals surface area contributed by atoms with Gasteiger partial charge in [0.25, 0.3) is 0 Å². The van der Waals surface area contributed by atoms with Gasteiger partial charge in [-0.1, -0.05) is 148 Å². The fraction of sp³-hybridized carbons (Fsp3) is 0.881. The highest BCUT2D eigenvalue weighted by Crippen LogP contribution is 2.23. The predicted octanol–water partition coefficient (Wildman–Crippen LogP) is 8.48. The average Bonchev–Trinajstić information content (AvgIpc) is 3.14. The molecule has 1 aliphatic rings. The first-order valence-corrected chi connectivity index (χ1v) is 21.2. The van der Waals surface area contributed by atoms with E-state index in [1.54, 1.807) is 0 Å². The molecule has 6 unspecified atom stereocenters. The number of carbonyl (C=O) groups excluding carboxylic acids is 2. The van der Waals surface area contributed by atoms with Crippen molar-refractivity contribution in [2.24, 2.45) is 0 Å². The van der Waals surface area contributed by atoms with Crippen molar-refractivity contribution >= 4 is 17.9 Å². The molecule has 310 valence electrons. The van der Waals surface area contributed by atoms with Crippen molar-refractivity contribution in [1.29, 1.82) is 0 Å². The Morgan fingerprint density at radius 1 is 0.566 bits per heavy atom. The van der Waals surface area contributed by atoms with E-state index in [0.717, 1.165) is 44.9 Å². The van der Waals surface area contributed by atoms with Crippen molar-refractivity contribution in [2.75, 3.05) is 13.2 Å². The normalized spacial score (nSPS) is 20.8. The molecule has 1 rings (SSSR count). The Kier molecular flexibility index (Phi) is 30.8. The molecule has 1 aliphatic heterocycles. The van der Waals surface area contributed by atoms with Crippen molar-refractivity contribution < 1.29 is 53.8 Å². The van der Waals surface area contributed by atoms with Crippen LogP contribution in [0.5, 0.6) is 0 Å². The maximum Gasteiger partial charge on any atom is 0.335 e. The Morgan fingerprint density at radius 3 is 1.47 bits per heavy atom. The van der Waals surface area contributed by atoms with E-state index in [2.05, 4.69) is 26.0 Å². The molecule has 0 aromatic carbocycles. The van der Waals surface area contributed by atoms with Crippen molar-refractivity contribution in [3.63, 3.8) is 0 Å². The molecule has 0 aliphatic carbocycles. The first kappa shape index (κ1) is 49.0. The van der Waals surface area contributed by atoms with Gasteiger partial charge < -0.3 is 39.4 Å². The summed E-state index contributed by atoms with van der Waals surface area (Å²) in [6.45, 7) is 3.78. The molecule has 0 bridgehead atoms. The quantitative estimate of drug-likeness (QED) is 0.0278. The number of carboxylic acid groups (broad SMARTS) is 1. The molecule has 53 heavy (non-hydrogen) atoms. The fourth-order valence-corrected chi connectivity index (χ4v) is 6.46. The molecule has 0 aromatic heterocycles. The van der Waals surface area contributed by atoms with Gasteiger partial charge in [0.1, 0.15) is 24.9 Å². The topological polar surface area (TPSA) is 169 Å². The first-order chi connectivity index (χ1) is 25.7. The molecule has 1 saturated heterocycles. The second-order valence-electron chi connectivity index (χ2n) is 14.8. The molecule has 1 heterocycles. The lowest BCUT2D eigenvalue weighted by atomic mass is 9.99. The summed E-state index contributed by atoms with van der Waals surface area (Å²) in [6.07, 6.45) is 24.2. The highest BCUT2D eigenvalue weighted by molar-refractivity contribution is 5.73. The Morgan fingerprint density at radius 2 is 1.00 bits per heavy atom. The van der Waals surface area contributed by atoms with Crippen LogP contribution < -0.4 is 0 Å². The minimum atomic E-state index is -1.86. The van der Waals surface area contributed by atoms with Gasteiger partial charge >= 0.3 is 17.9 Å². The molecular weight excluding hydrogens is 680 g/mol. The van der Waals surface area contributed by atoms with E-state index in [4.69, 9.17) is 18.9 Å². The standard InChI is InChI=1S/C42H76O11/c1-3-5-7-9-11-13-14-15-16-17-18-19-20-21-23-24-26-28-30-35(43)50-32-34(52-36(44)31-29-27-25-22-12-10-8-6-4-2)33-51-42-39(47)37(45)38(46)40(53-42)41(48)49/h16-17,34,37-40,42,45-47H,3-15,18-33H2,1-2H3,(H,48,49)/b17-16-. The van der Waals surface area contributed by atoms with Gasteiger partial charge in [-0.05, 0) is 38.5 Å². The fourth-order valence-electron chi connectivity index (χ4n) is 6.46. The minimum absolute atomic E-state index is 0.185. The second-order valence-corrected chi connectivity index (χ2v) is 14.8. The Balaban J connectivity index is 2.34. The summed E-state index contributed by atoms with van der Waals surface area (Å²) in [7, 11) is 0. The van der Waals surface area contributed by atoms with E-state index in [9.17, 15) is 34.8 Å². The van der Waals surface area contributed by atoms with E-state index in [-0.39, 0.29) is 26.1 Å². The number of aliphatic hydroxyl groups excluding tert-OH is 3. The van der Waals surface area contributed by atoms with Crippen LogP contribution in [0, 0.1) is 0 Å². The van der Waals surface area contributed by atoms with Crippen LogP contribution in [-0.2, 0) is 33.3 Å². The number of aliphatic hydroxyl groups is 3. The van der Waals surface area contributed by atoms with Gasteiger partial charge in [0.15, 0.2) is 18.5 Å². The first-order valence-electron chi connectivity index (χ1n) is 21.2. The third-order valence-electron chi connectivity index (χ3n) is 9.86. The summed E-state index contributed by atoms with van der Waals surface area (Å²) in [4.78, 5) is 36.6. The van der Waals surface area contributed by atoms with E-state index >= 15 is 0 Å². The highest BCUT2D eigenvalue weighted by Gasteiger charge is 2.47. The lowest BCUT2D eigenvalue weighted by Gasteiger charge is -2.38. The van der Waals surface area contributed by atoms with Crippen molar-refractivity contribution in [2.45, 2.75) is 224 Å². The molecule has 11 nitrogen and oxygen atoms in total. The molecule has 6 atom stereocenters. The Labute approximate surface area is 320 Å². The molecule has 4 N–H and O–H groups in total. The van der Waals surface area contributed by atoms with E-state index in [1.165, 1.54) is 103 Å². The minimum Gasteiger partial charge on any atom is -0.479 e. The lowest BCUT2D eigenvalue weighted by molar-refractivity contribution is -0.298. The van der Waals surface area contributed by atoms with Crippen LogP contribution in [0.2, 0.25) is 0 Å². The number of esters is 2. The average molecular weight is 757 g/mol. The Hall–Kier alpha value is -2.05. The predicted molar refractivity (Wildman–Crippen MR) is 206 cm³/mol. The van der Waals surface area contributed by atoms with Crippen LogP contribution >= 0.6 is 0 Å². The van der Waals surface area contributed by atoms with E-state index in [1.807, 2.05) is 0 Å². The van der Waals surface area contributed by atoms with Gasteiger partial charge in [-0.3, -0.25) is 9.59 Å². The maximum absolute atomic E-state index is 12.7.